The Labute approximate surface area is 132 Å². The van der Waals surface area contributed by atoms with Crippen molar-refractivity contribution in [3.8, 4) is 5.75 Å². The molecule has 7 heteroatoms. The van der Waals surface area contributed by atoms with E-state index in [1.807, 2.05) is 0 Å². The molecule has 0 aliphatic heterocycles. The van der Waals surface area contributed by atoms with Crippen molar-refractivity contribution >= 4 is 23.4 Å². The zero-order chi connectivity index (χ0) is 16.8. The quantitative estimate of drug-likeness (QED) is 0.732. The molecule has 0 radical (unpaired) electrons. The first-order chi connectivity index (χ1) is 11.0. The van der Waals surface area contributed by atoms with E-state index >= 15 is 0 Å². The lowest BCUT2D eigenvalue weighted by atomic mass is 10.2. The summed E-state index contributed by atoms with van der Waals surface area (Å²) < 4.78 is 5.31. The van der Waals surface area contributed by atoms with Crippen molar-refractivity contribution < 1.29 is 19.1 Å². The lowest BCUT2D eigenvalue weighted by Crippen LogP contribution is -2.21. The van der Waals surface area contributed by atoms with Gasteiger partial charge in [0.2, 0.25) is 5.91 Å². The fourth-order valence-corrected chi connectivity index (χ4v) is 1.85. The van der Waals surface area contributed by atoms with Crippen molar-refractivity contribution in [1.82, 2.24) is 0 Å². The molecule has 0 saturated carbocycles. The second-order valence-corrected chi connectivity index (χ2v) is 4.64. The Morgan fingerprint density at radius 1 is 0.913 bits per heavy atom. The summed E-state index contributed by atoms with van der Waals surface area (Å²) in [4.78, 5) is 34.0. The fourth-order valence-electron chi connectivity index (χ4n) is 1.85. The van der Waals surface area contributed by atoms with E-state index in [0.717, 1.165) is 0 Å². The van der Waals surface area contributed by atoms with Crippen LogP contribution in [0.5, 0.6) is 5.75 Å². The molecule has 0 bridgehead atoms. The normalized spacial score (nSPS) is 9.91. The van der Waals surface area contributed by atoms with Gasteiger partial charge in [-0.25, -0.2) is 0 Å². The third kappa shape index (κ3) is 4.31. The van der Waals surface area contributed by atoms with Crippen LogP contribution < -0.4 is 21.5 Å². The second-order valence-electron chi connectivity index (χ2n) is 4.64. The highest BCUT2D eigenvalue weighted by atomic mass is 16.5. The molecule has 3 amide bonds. The van der Waals surface area contributed by atoms with Gasteiger partial charge in [-0.15, -0.1) is 0 Å². The number of amides is 3. The Balaban J connectivity index is 1.95. The predicted molar refractivity (Wildman–Crippen MR) is 84.0 cm³/mol. The number of anilines is 1. The van der Waals surface area contributed by atoms with Crippen molar-refractivity contribution in [2.45, 2.75) is 0 Å². The average molecular weight is 313 g/mol. The summed E-state index contributed by atoms with van der Waals surface area (Å²) >= 11 is 0. The second kappa shape index (κ2) is 7.08. The minimum Gasteiger partial charge on any atom is -0.483 e. The van der Waals surface area contributed by atoms with Crippen LogP contribution in [0.3, 0.4) is 0 Å². The maximum atomic E-state index is 11.8. The van der Waals surface area contributed by atoms with Crippen LogP contribution in [0.1, 0.15) is 20.7 Å². The van der Waals surface area contributed by atoms with Gasteiger partial charge in [-0.05, 0) is 36.4 Å². The summed E-state index contributed by atoms with van der Waals surface area (Å²) in [6, 6.07) is 12.5. The molecular weight excluding hydrogens is 298 g/mol. The van der Waals surface area contributed by atoms with E-state index in [2.05, 4.69) is 5.32 Å². The van der Waals surface area contributed by atoms with Crippen molar-refractivity contribution in [2.75, 3.05) is 11.9 Å². The van der Waals surface area contributed by atoms with Gasteiger partial charge in [-0.1, -0.05) is 12.1 Å². The minimum atomic E-state index is -0.636. The van der Waals surface area contributed by atoms with E-state index in [4.69, 9.17) is 16.2 Å². The Kier molecular flexibility index (Phi) is 4.93. The first-order valence-corrected chi connectivity index (χ1v) is 6.68. The van der Waals surface area contributed by atoms with Crippen molar-refractivity contribution in [2.24, 2.45) is 11.5 Å². The van der Waals surface area contributed by atoms with Gasteiger partial charge in [-0.3, -0.25) is 14.4 Å². The first-order valence-electron chi connectivity index (χ1n) is 6.68. The highest BCUT2D eigenvalue weighted by Crippen LogP contribution is 2.17. The van der Waals surface area contributed by atoms with Gasteiger partial charge in [0.25, 0.3) is 11.8 Å². The van der Waals surface area contributed by atoms with Crippen LogP contribution in [-0.4, -0.2) is 24.3 Å². The summed E-state index contributed by atoms with van der Waals surface area (Å²) in [7, 11) is 0. The Morgan fingerprint density at radius 2 is 1.57 bits per heavy atom. The van der Waals surface area contributed by atoms with E-state index in [-0.39, 0.29) is 17.9 Å². The first kappa shape index (κ1) is 16.0. The summed E-state index contributed by atoms with van der Waals surface area (Å²) in [6.45, 7) is -0.290. The highest BCUT2D eigenvalue weighted by molar-refractivity contribution is 5.96. The standard InChI is InChI=1S/C16H15N3O4/c17-15(21)10-5-7-11(8-6-10)19-14(20)9-23-13-4-2-1-3-12(13)16(18)22/h1-8H,9H2,(H2,17,21)(H2,18,22)(H,19,20). The van der Waals surface area contributed by atoms with Crippen LogP contribution >= 0.6 is 0 Å². The SMILES string of the molecule is NC(=O)c1ccc(NC(=O)COc2ccccc2C(N)=O)cc1. The number of hydrogen-bond acceptors (Lipinski definition) is 4. The predicted octanol–water partition coefficient (Wildman–Crippen LogP) is 0.902. The maximum Gasteiger partial charge on any atom is 0.262 e. The van der Waals surface area contributed by atoms with E-state index < -0.39 is 17.7 Å². The van der Waals surface area contributed by atoms with Crippen LogP contribution in [0.25, 0.3) is 0 Å². The molecular formula is C16H15N3O4. The molecule has 7 nitrogen and oxygen atoms in total. The van der Waals surface area contributed by atoms with Crippen LogP contribution in [0.2, 0.25) is 0 Å². The number of ether oxygens (including phenoxy) is 1. The van der Waals surface area contributed by atoms with Gasteiger partial charge in [0, 0.05) is 11.3 Å². The van der Waals surface area contributed by atoms with Crippen LogP contribution in [0.15, 0.2) is 48.5 Å². The van der Waals surface area contributed by atoms with Gasteiger partial charge in [0.1, 0.15) is 5.75 Å². The van der Waals surface area contributed by atoms with Gasteiger partial charge in [-0.2, -0.15) is 0 Å². The van der Waals surface area contributed by atoms with Crippen molar-refractivity contribution in [1.29, 1.82) is 0 Å². The molecule has 2 aromatic rings. The highest BCUT2D eigenvalue weighted by Gasteiger charge is 2.10. The Morgan fingerprint density at radius 3 is 2.17 bits per heavy atom. The van der Waals surface area contributed by atoms with Gasteiger partial charge in [0.15, 0.2) is 6.61 Å². The molecule has 0 aliphatic rings. The van der Waals surface area contributed by atoms with Crippen LogP contribution in [-0.2, 0) is 4.79 Å². The lowest BCUT2D eigenvalue weighted by Gasteiger charge is -2.10. The number of benzene rings is 2. The van der Waals surface area contributed by atoms with Crippen molar-refractivity contribution in [3.63, 3.8) is 0 Å². The number of nitrogens with one attached hydrogen (secondary N) is 1. The molecule has 0 fully saturated rings. The molecule has 118 valence electrons. The Hall–Kier alpha value is -3.35. The third-order valence-corrected chi connectivity index (χ3v) is 2.96. The number of para-hydroxylation sites is 1. The van der Waals surface area contributed by atoms with Gasteiger partial charge < -0.3 is 21.5 Å². The summed E-state index contributed by atoms with van der Waals surface area (Å²) in [5.41, 5.74) is 11.4. The maximum absolute atomic E-state index is 11.8. The van der Waals surface area contributed by atoms with E-state index in [9.17, 15) is 14.4 Å². The summed E-state index contributed by atoms with van der Waals surface area (Å²) in [5, 5.41) is 2.59. The molecule has 0 aromatic heterocycles. The summed E-state index contributed by atoms with van der Waals surface area (Å²) in [6.07, 6.45) is 0. The molecule has 23 heavy (non-hydrogen) atoms. The molecule has 0 atom stereocenters. The zero-order valence-electron chi connectivity index (χ0n) is 12.1. The van der Waals surface area contributed by atoms with Gasteiger partial charge >= 0.3 is 0 Å². The lowest BCUT2D eigenvalue weighted by molar-refractivity contribution is -0.118. The number of primary amides is 2. The Bertz CT molecular complexity index is 741. The largest absolute Gasteiger partial charge is 0.483 e. The van der Waals surface area contributed by atoms with E-state index in [1.165, 1.54) is 18.2 Å². The number of hydrogen-bond donors (Lipinski definition) is 3. The van der Waals surface area contributed by atoms with Crippen LogP contribution in [0.4, 0.5) is 5.69 Å². The monoisotopic (exact) mass is 313 g/mol. The minimum absolute atomic E-state index is 0.200. The molecule has 5 N–H and O–H groups in total. The number of rotatable bonds is 6. The number of carbonyl (C=O) groups is 3. The van der Waals surface area contributed by atoms with E-state index in [0.29, 0.717) is 11.3 Å². The van der Waals surface area contributed by atoms with Crippen molar-refractivity contribution in [3.05, 3.63) is 59.7 Å². The summed E-state index contributed by atoms with van der Waals surface area (Å²) in [5.74, 6) is -1.37. The molecule has 0 aliphatic carbocycles. The molecule has 0 unspecified atom stereocenters. The molecule has 0 heterocycles. The fraction of sp³-hybridized carbons (Fsp3) is 0.0625. The number of nitrogens with two attached hydrogens (primary N) is 2. The molecule has 0 spiro atoms. The topological polar surface area (TPSA) is 125 Å². The van der Waals surface area contributed by atoms with Crippen LogP contribution in [0, 0.1) is 0 Å². The average Bonchev–Trinajstić information content (AvgIpc) is 2.53. The van der Waals surface area contributed by atoms with Gasteiger partial charge in [0.05, 0.1) is 5.56 Å². The molecule has 2 aromatic carbocycles. The number of carbonyl (C=O) groups excluding carboxylic acids is 3. The molecule has 2 rings (SSSR count). The third-order valence-electron chi connectivity index (χ3n) is 2.96. The smallest absolute Gasteiger partial charge is 0.262 e. The molecule has 0 saturated heterocycles. The zero-order valence-corrected chi connectivity index (χ0v) is 12.1. The van der Waals surface area contributed by atoms with E-state index in [1.54, 1.807) is 30.3 Å².